The van der Waals surface area contributed by atoms with Gasteiger partial charge in [0.15, 0.2) is 0 Å². The summed E-state index contributed by atoms with van der Waals surface area (Å²) in [6.07, 6.45) is 0.952. The number of ether oxygens (including phenoxy) is 1. The molecule has 0 saturated carbocycles. The van der Waals surface area contributed by atoms with E-state index in [9.17, 15) is 0 Å². The van der Waals surface area contributed by atoms with Gasteiger partial charge in [0, 0.05) is 6.54 Å². The Kier molecular flexibility index (Phi) is 5.39. The molecule has 0 aliphatic carbocycles. The number of rotatable bonds is 7. The summed E-state index contributed by atoms with van der Waals surface area (Å²) < 4.78 is 5.69. The highest BCUT2D eigenvalue weighted by molar-refractivity contribution is 5.31. The lowest BCUT2D eigenvalue weighted by atomic mass is 10.1. The third kappa shape index (κ3) is 4.56. The van der Waals surface area contributed by atoms with Crippen LogP contribution in [-0.4, -0.2) is 20.2 Å². The van der Waals surface area contributed by atoms with Crippen molar-refractivity contribution in [3.63, 3.8) is 0 Å². The van der Waals surface area contributed by atoms with Crippen LogP contribution in [0.5, 0.6) is 5.75 Å². The molecule has 0 atom stereocenters. The molecule has 2 heteroatoms. The van der Waals surface area contributed by atoms with Crippen LogP contribution in [0, 0.1) is 0 Å². The van der Waals surface area contributed by atoms with Gasteiger partial charge in [-0.05, 0) is 42.3 Å². The van der Waals surface area contributed by atoms with Crippen LogP contribution in [0.3, 0.4) is 0 Å². The molecular formula is C18H21NO. The summed E-state index contributed by atoms with van der Waals surface area (Å²) >= 11 is 0. The second-order valence-corrected chi connectivity index (χ2v) is 4.88. The monoisotopic (exact) mass is 267 g/mol. The first-order valence-corrected chi connectivity index (χ1v) is 6.85. The second-order valence-electron chi connectivity index (χ2n) is 4.88. The number of likely N-dealkylation sites (N-methyl/N-ethyl adjacent to an activating group) is 1. The number of hydrogen-bond acceptors (Lipinski definition) is 2. The van der Waals surface area contributed by atoms with E-state index in [4.69, 9.17) is 4.74 Å². The molecule has 0 radical (unpaired) electrons. The predicted octanol–water partition coefficient (Wildman–Crippen LogP) is 3.43. The van der Waals surface area contributed by atoms with Crippen molar-refractivity contribution in [1.29, 1.82) is 0 Å². The van der Waals surface area contributed by atoms with Crippen molar-refractivity contribution in [1.82, 2.24) is 5.32 Å². The Hall–Kier alpha value is -2.06. The summed E-state index contributed by atoms with van der Waals surface area (Å²) in [5.41, 5.74) is 3.65. The first-order chi connectivity index (χ1) is 9.78. The first-order valence-electron chi connectivity index (χ1n) is 6.85. The quantitative estimate of drug-likeness (QED) is 0.776. The van der Waals surface area contributed by atoms with Crippen LogP contribution in [0.2, 0.25) is 0 Å². The number of benzene rings is 2. The van der Waals surface area contributed by atoms with Gasteiger partial charge in [-0.15, -0.1) is 0 Å². The third-order valence-corrected chi connectivity index (χ3v) is 3.04. The molecule has 1 N–H and O–H groups in total. The summed E-state index contributed by atoms with van der Waals surface area (Å²) in [6, 6.07) is 18.7. The molecule has 0 fully saturated rings. The molecule has 0 saturated heterocycles. The van der Waals surface area contributed by atoms with Crippen LogP contribution < -0.4 is 10.1 Å². The van der Waals surface area contributed by atoms with E-state index in [1.54, 1.807) is 0 Å². The SMILES string of the molecule is C=C(CNC)COc1ccc(Cc2ccccc2)cc1. The molecule has 0 aliphatic heterocycles. The summed E-state index contributed by atoms with van der Waals surface area (Å²) in [5.74, 6) is 0.888. The van der Waals surface area contributed by atoms with Gasteiger partial charge in [-0.3, -0.25) is 0 Å². The molecule has 2 aromatic rings. The Labute approximate surface area is 121 Å². The van der Waals surface area contributed by atoms with Gasteiger partial charge < -0.3 is 10.1 Å². The van der Waals surface area contributed by atoms with E-state index < -0.39 is 0 Å². The van der Waals surface area contributed by atoms with Crippen LogP contribution in [0.25, 0.3) is 0 Å². The zero-order valence-electron chi connectivity index (χ0n) is 11.9. The van der Waals surface area contributed by atoms with E-state index in [-0.39, 0.29) is 0 Å². The Morgan fingerprint density at radius 1 is 1.00 bits per heavy atom. The maximum absolute atomic E-state index is 5.69. The lowest BCUT2D eigenvalue weighted by Gasteiger charge is -2.09. The van der Waals surface area contributed by atoms with Crippen LogP contribution in [0.15, 0.2) is 66.7 Å². The fourth-order valence-electron chi connectivity index (χ4n) is 2.02. The molecule has 0 aliphatic rings. The average molecular weight is 267 g/mol. The van der Waals surface area contributed by atoms with Crippen LogP contribution in [0.1, 0.15) is 11.1 Å². The smallest absolute Gasteiger partial charge is 0.119 e. The Morgan fingerprint density at radius 3 is 2.30 bits per heavy atom. The Bertz CT molecular complexity index is 531. The highest BCUT2D eigenvalue weighted by Gasteiger charge is 1.99. The minimum Gasteiger partial charge on any atom is -0.489 e. The van der Waals surface area contributed by atoms with Gasteiger partial charge in [-0.1, -0.05) is 49.0 Å². The molecule has 0 spiro atoms. The molecule has 2 rings (SSSR count). The van der Waals surface area contributed by atoms with E-state index in [1.165, 1.54) is 11.1 Å². The van der Waals surface area contributed by atoms with Crippen LogP contribution >= 0.6 is 0 Å². The van der Waals surface area contributed by atoms with Gasteiger partial charge in [-0.2, -0.15) is 0 Å². The molecule has 2 nitrogen and oxygen atoms in total. The zero-order valence-corrected chi connectivity index (χ0v) is 11.9. The topological polar surface area (TPSA) is 21.3 Å². The minimum atomic E-state index is 0.554. The van der Waals surface area contributed by atoms with Crippen molar-refractivity contribution in [3.8, 4) is 5.75 Å². The maximum atomic E-state index is 5.69. The van der Waals surface area contributed by atoms with Gasteiger partial charge in [0.25, 0.3) is 0 Å². The molecule has 0 heterocycles. The predicted molar refractivity (Wildman–Crippen MR) is 84.3 cm³/mol. The molecule has 104 valence electrons. The van der Waals surface area contributed by atoms with Crippen LogP contribution in [-0.2, 0) is 6.42 Å². The largest absolute Gasteiger partial charge is 0.489 e. The van der Waals surface area contributed by atoms with E-state index in [0.29, 0.717) is 6.61 Å². The minimum absolute atomic E-state index is 0.554. The highest BCUT2D eigenvalue weighted by Crippen LogP contribution is 2.15. The molecule has 0 amide bonds. The Balaban J connectivity index is 1.88. The van der Waals surface area contributed by atoms with E-state index in [0.717, 1.165) is 24.3 Å². The molecule has 0 bridgehead atoms. The Morgan fingerprint density at radius 2 is 1.65 bits per heavy atom. The maximum Gasteiger partial charge on any atom is 0.119 e. The van der Waals surface area contributed by atoms with Crippen molar-refractivity contribution in [3.05, 3.63) is 77.9 Å². The van der Waals surface area contributed by atoms with Gasteiger partial charge in [0.2, 0.25) is 0 Å². The molecule has 20 heavy (non-hydrogen) atoms. The van der Waals surface area contributed by atoms with E-state index in [1.807, 2.05) is 25.2 Å². The molecular weight excluding hydrogens is 246 g/mol. The standard InChI is InChI=1S/C18H21NO/c1-15(13-19-2)14-20-18-10-8-17(9-11-18)12-16-6-4-3-5-7-16/h3-11,19H,1,12-14H2,2H3. The summed E-state index contributed by atoms with van der Waals surface area (Å²) in [4.78, 5) is 0. The summed E-state index contributed by atoms with van der Waals surface area (Å²) in [7, 11) is 1.91. The lowest BCUT2D eigenvalue weighted by molar-refractivity contribution is 0.349. The lowest BCUT2D eigenvalue weighted by Crippen LogP contribution is -2.14. The molecule has 0 unspecified atom stereocenters. The molecule has 2 aromatic carbocycles. The van der Waals surface area contributed by atoms with E-state index in [2.05, 4.69) is 48.3 Å². The zero-order chi connectivity index (χ0) is 14.2. The van der Waals surface area contributed by atoms with Gasteiger partial charge in [-0.25, -0.2) is 0 Å². The second kappa shape index (κ2) is 7.51. The normalized spacial score (nSPS) is 10.2. The van der Waals surface area contributed by atoms with Crippen LogP contribution in [0.4, 0.5) is 0 Å². The summed E-state index contributed by atoms with van der Waals surface area (Å²) in [5, 5.41) is 3.06. The highest BCUT2D eigenvalue weighted by atomic mass is 16.5. The fourth-order valence-corrected chi connectivity index (χ4v) is 2.02. The average Bonchev–Trinajstić information content (AvgIpc) is 2.48. The summed E-state index contributed by atoms with van der Waals surface area (Å²) in [6.45, 7) is 5.28. The van der Waals surface area contributed by atoms with Crippen molar-refractivity contribution in [2.24, 2.45) is 0 Å². The fraction of sp³-hybridized carbons (Fsp3) is 0.222. The van der Waals surface area contributed by atoms with E-state index >= 15 is 0 Å². The van der Waals surface area contributed by atoms with Gasteiger partial charge in [0.1, 0.15) is 12.4 Å². The number of nitrogens with one attached hydrogen (secondary N) is 1. The first kappa shape index (κ1) is 14.4. The van der Waals surface area contributed by atoms with Crippen molar-refractivity contribution < 1.29 is 4.74 Å². The number of hydrogen-bond donors (Lipinski definition) is 1. The third-order valence-electron chi connectivity index (χ3n) is 3.04. The van der Waals surface area contributed by atoms with Gasteiger partial charge >= 0.3 is 0 Å². The van der Waals surface area contributed by atoms with Crippen molar-refractivity contribution in [2.75, 3.05) is 20.2 Å². The molecule has 0 aromatic heterocycles. The van der Waals surface area contributed by atoms with Gasteiger partial charge in [0.05, 0.1) is 0 Å². The van der Waals surface area contributed by atoms with Crippen molar-refractivity contribution in [2.45, 2.75) is 6.42 Å². The van der Waals surface area contributed by atoms with Crippen molar-refractivity contribution >= 4 is 0 Å².